The van der Waals surface area contributed by atoms with Gasteiger partial charge in [0.25, 0.3) is 5.91 Å². The molecule has 2 N–H and O–H groups in total. The van der Waals surface area contributed by atoms with E-state index in [1.807, 2.05) is 6.92 Å². The molecule has 0 saturated carbocycles. The SMILES string of the molecule is CC1CN(C(=O)CNC(=O)c2ccc3c(c2)OCO3)CCC1C(=O)O. The van der Waals surface area contributed by atoms with Gasteiger partial charge in [-0.3, -0.25) is 14.4 Å². The summed E-state index contributed by atoms with van der Waals surface area (Å²) < 4.78 is 10.4. The summed E-state index contributed by atoms with van der Waals surface area (Å²) >= 11 is 0. The molecule has 0 spiro atoms. The van der Waals surface area contributed by atoms with E-state index in [4.69, 9.17) is 14.6 Å². The summed E-state index contributed by atoms with van der Waals surface area (Å²) in [4.78, 5) is 37.2. The molecule has 1 aromatic rings. The molecule has 2 aliphatic rings. The Morgan fingerprint density at radius 2 is 2.04 bits per heavy atom. The van der Waals surface area contributed by atoms with Gasteiger partial charge in [-0.15, -0.1) is 0 Å². The predicted octanol–water partition coefficient (Wildman–Crippen LogP) is 0.714. The van der Waals surface area contributed by atoms with Crippen molar-refractivity contribution in [2.45, 2.75) is 13.3 Å². The first-order chi connectivity index (χ1) is 12.0. The van der Waals surface area contributed by atoms with Crippen molar-refractivity contribution in [3.63, 3.8) is 0 Å². The molecule has 3 rings (SSSR count). The monoisotopic (exact) mass is 348 g/mol. The van der Waals surface area contributed by atoms with Gasteiger partial charge >= 0.3 is 5.97 Å². The number of rotatable bonds is 4. The number of carboxylic acid groups (broad SMARTS) is 1. The highest BCUT2D eigenvalue weighted by atomic mass is 16.7. The lowest BCUT2D eigenvalue weighted by molar-refractivity contribution is -0.148. The van der Waals surface area contributed by atoms with Gasteiger partial charge in [-0.2, -0.15) is 0 Å². The fraction of sp³-hybridized carbons (Fsp3) is 0.471. The van der Waals surface area contributed by atoms with E-state index in [2.05, 4.69) is 5.32 Å². The molecule has 2 heterocycles. The van der Waals surface area contributed by atoms with Crippen LogP contribution in [0.1, 0.15) is 23.7 Å². The third-order valence-corrected chi connectivity index (χ3v) is 4.61. The van der Waals surface area contributed by atoms with E-state index in [1.165, 1.54) is 0 Å². The van der Waals surface area contributed by atoms with Crippen LogP contribution in [0, 0.1) is 11.8 Å². The molecule has 1 aromatic carbocycles. The number of hydrogen-bond acceptors (Lipinski definition) is 5. The van der Waals surface area contributed by atoms with Crippen LogP contribution in [0.4, 0.5) is 0 Å². The number of carboxylic acids is 1. The summed E-state index contributed by atoms with van der Waals surface area (Å²) in [5.41, 5.74) is 0.384. The summed E-state index contributed by atoms with van der Waals surface area (Å²) in [5, 5.41) is 11.7. The molecule has 2 aliphatic heterocycles. The number of amides is 2. The standard InChI is InChI=1S/C17H20N2O6/c1-10-8-19(5-4-12(10)17(22)23)15(20)7-18-16(21)11-2-3-13-14(6-11)25-9-24-13/h2-3,6,10,12H,4-5,7-9H2,1H3,(H,18,21)(H,22,23). The van der Waals surface area contributed by atoms with Crippen LogP contribution in [0.15, 0.2) is 18.2 Å². The maximum atomic E-state index is 12.3. The molecule has 0 bridgehead atoms. The van der Waals surface area contributed by atoms with Crippen LogP contribution in [-0.4, -0.2) is 54.2 Å². The third-order valence-electron chi connectivity index (χ3n) is 4.61. The van der Waals surface area contributed by atoms with Crippen molar-refractivity contribution in [3.05, 3.63) is 23.8 Å². The fourth-order valence-corrected chi connectivity index (χ4v) is 3.15. The van der Waals surface area contributed by atoms with Crippen LogP contribution in [0.3, 0.4) is 0 Å². The molecule has 0 aliphatic carbocycles. The van der Waals surface area contributed by atoms with Crippen molar-refractivity contribution in [2.24, 2.45) is 11.8 Å². The van der Waals surface area contributed by atoms with Gasteiger partial charge in [-0.1, -0.05) is 6.92 Å². The summed E-state index contributed by atoms with van der Waals surface area (Å²) in [6.07, 6.45) is 0.429. The molecule has 0 radical (unpaired) electrons. The van der Waals surface area contributed by atoms with Crippen LogP contribution in [-0.2, 0) is 9.59 Å². The Balaban J connectivity index is 1.52. The number of carbonyl (C=O) groups is 3. The normalized spacial score (nSPS) is 21.7. The zero-order valence-corrected chi connectivity index (χ0v) is 13.9. The maximum absolute atomic E-state index is 12.3. The van der Waals surface area contributed by atoms with Gasteiger partial charge in [0.1, 0.15) is 0 Å². The number of hydrogen-bond donors (Lipinski definition) is 2. The average Bonchev–Trinajstić information content (AvgIpc) is 3.06. The van der Waals surface area contributed by atoms with Crippen molar-refractivity contribution in [1.29, 1.82) is 0 Å². The van der Waals surface area contributed by atoms with Crippen LogP contribution in [0.25, 0.3) is 0 Å². The lowest BCUT2D eigenvalue weighted by Gasteiger charge is -2.35. The number of nitrogens with one attached hydrogen (secondary N) is 1. The highest BCUT2D eigenvalue weighted by Gasteiger charge is 2.32. The van der Waals surface area contributed by atoms with Crippen molar-refractivity contribution in [3.8, 4) is 11.5 Å². The predicted molar refractivity (Wildman–Crippen MR) is 86.4 cm³/mol. The van der Waals surface area contributed by atoms with Gasteiger partial charge < -0.3 is 24.8 Å². The molecule has 1 fully saturated rings. The van der Waals surface area contributed by atoms with E-state index in [1.54, 1.807) is 23.1 Å². The number of likely N-dealkylation sites (tertiary alicyclic amines) is 1. The Kier molecular flexibility index (Phi) is 4.78. The molecule has 8 heteroatoms. The minimum atomic E-state index is -0.823. The topological polar surface area (TPSA) is 105 Å². The molecule has 1 saturated heterocycles. The summed E-state index contributed by atoms with van der Waals surface area (Å²) in [7, 11) is 0. The number of ether oxygens (including phenoxy) is 2. The number of benzene rings is 1. The Labute approximate surface area is 144 Å². The van der Waals surface area contributed by atoms with E-state index in [0.717, 1.165) is 0 Å². The maximum Gasteiger partial charge on any atom is 0.306 e. The summed E-state index contributed by atoms with van der Waals surface area (Å²) in [6, 6.07) is 4.83. The van der Waals surface area contributed by atoms with Crippen LogP contribution >= 0.6 is 0 Å². The largest absolute Gasteiger partial charge is 0.481 e. The number of carbonyl (C=O) groups excluding carboxylic acids is 2. The second-order valence-electron chi connectivity index (χ2n) is 6.30. The zero-order chi connectivity index (χ0) is 18.0. The summed E-state index contributed by atoms with van der Waals surface area (Å²) in [5.74, 6) is -0.862. The number of aliphatic carboxylic acids is 1. The Morgan fingerprint density at radius 1 is 1.28 bits per heavy atom. The van der Waals surface area contributed by atoms with Gasteiger partial charge in [0.2, 0.25) is 12.7 Å². The molecular formula is C17H20N2O6. The molecule has 2 atom stereocenters. The third kappa shape index (κ3) is 3.67. The van der Waals surface area contributed by atoms with Crippen LogP contribution in [0.5, 0.6) is 11.5 Å². The fourth-order valence-electron chi connectivity index (χ4n) is 3.15. The first-order valence-electron chi connectivity index (χ1n) is 8.14. The van der Waals surface area contributed by atoms with Crippen LogP contribution < -0.4 is 14.8 Å². The zero-order valence-electron chi connectivity index (χ0n) is 13.9. The van der Waals surface area contributed by atoms with Gasteiger partial charge in [-0.05, 0) is 30.5 Å². The Bertz CT molecular complexity index is 704. The van der Waals surface area contributed by atoms with E-state index in [9.17, 15) is 14.4 Å². The van der Waals surface area contributed by atoms with Gasteiger partial charge in [0.15, 0.2) is 11.5 Å². The first-order valence-corrected chi connectivity index (χ1v) is 8.14. The Morgan fingerprint density at radius 3 is 2.76 bits per heavy atom. The summed E-state index contributed by atoms with van der Waals surface area (Å²) in [6.45, 7) is 2.60. The second-order valence-corrected chi connectivity index (χ2v) is 6.30. The molecule has 8 nitrogen and oxygen atoms in total. The van der Waals surface area contributed by atoms with E-state index >= 15 is 0 Å². The highest BCUT2D eigenvalue weighted by molar-refractivity contribution is 5.97. The molecular weight excluding hydrogens is 328 g/mol. The van der Waals surface area contributed by atoms with Crippen molar-refractivity contribution < 1.29 is 29.0 Å². The average molecular weight is 348 g/mol. The molecule has 0 aromatic heterocycles. The highest BCUT2D eigenvalue weighted by Crippen LogP contribution is 2.32. The van der Waals surface area contributed by atoms with E-state index in [0.29, 0.717) is 36.6 Å². The molecule has 2 amide bonds. The smallest absolute Gasteiger partial charge is 0.306 e. The minimum absolute atomic E-state index is 0.111. The Hall–Kier alpha value is -2.77. The van der Waals surface area contributed by atoms with Gasteiger partial charge in [0, 0.05) is 18.7 Å². The minimum Gasteiger partial charge on any atom is -0.481 e. The van der Waals surface area contributed by atoms with Crippen molar-refractivity contribution in [2.75, 3.05) is 26.4 Å². The second kappa shape index (κ2) is 7.00. The van der Waals surface area contributed by atoms with Gasteiger partial charge in [-0.25, -0.2) is 0 Å². The lowest BCUT2D eigenvalue weighted by atomic mass is 9.87. The molecule has 2 unspecified atom stereocenters. The first kappa shape index (κ1) is 17.1. The quantitative estimate of drug-likeness (QED) is 0.830. The van der Waals surface area contributed by atoms with Crippen molar-refractivity contribution >= 4 is 17.8 Å². The number of nitrogens with zero attached hydrogens (tertiary/aromatic N) is 1. The molecule has 25 heavy (non-hydrogen) atoms. The van der Waals surface area contributed by atoms with E-state index < -0.39 is 11.9 Å². The molecule has 134 valence electrons. The van der Waals surface area contributed by atoms with E-state index in [-0.39, 0.29) is 31.1 Å². The number of piperidine rings is 1. The van der Waals surface area contributed by atoms with Gasteiger partial charge in [0.05, 0.1) is 12.5 Å². The van der Waals surface area contributed by atoms with Crippen LogP contribution in [0.2, 0.25) is 0 Å². The lowest BCUT2D eigenvalue weighted by Crippen LogP contribution is -2.48. The van der Waals surface area contributed by atoms with Crippen molar-refractivity contribution in [1.82, 2.24) is 10.2 Å². The number of fused-ring (bicyclic) bond motifs is 1.